The van der Waals surface area contributed by atoms with Gasteiger partial charge in [0, 0.05) is 6.04 Å². The summed E-state index contributed by atoms with van der Waals surface area (Å²) in [7, 11) is -4.01. The number of hydrogen-bond acceptors (Lipinski definition) is 4. The second-order valence-electron chi connectivity index (χ2n) is 2.81. The zero-order valence-corrected chi connectivity index (χ0v) is 7.79. The molecule has 0 bridgehead atoms. The van der Waals surface area contributed by atoms with Gasteiger partial charge in [-0.15, -0.1) is 0 Å². The summed E-state index contributed by atoms with van der Waals surface area (Å²) in [6.07, 6.45) is 0.122. The summed E-state index contributed by atoms with van der Waals surface area (Å²) in [5.74, 6) is -0.496. The third-order valence-corrected chi connectivity index (χ3v) is 2.32. The summed E-state index contributed by atoms with van der Waals surface area (Å²) >= 11 is 0. The molecule has 0 aromatic rings. The fourth-order valence-corrected chi connectivity index (χ4v) is 1.53. The van der Waals surface area contributed by atoms with E-state index in [4.69, 9.17) is 15.4 Å². The van der Waals surface area contributed by atoms with Crippen molar-refractivity contribution >= 4 is 10.1 Å². The fourth-order valence-electron chi connectivity index (χ4n) is 0.855. The van der Waals surface area contributed by atoms with Crippen molar-refractivity contribution in [3.63, 3.8) is 0 Å². The highest BCUT2D eigenvalue weighted by molar-refractivity contribution is 7.85. The minimum atomic E-state index is -4.01. The summed E-state index contributed by atoms with van der Waals surface area (Å²) < 4.78 is 29.0. The van der Waals surface area contributed by atoms with Gasteiger partial charge in [-0.2, -0.15) is 8.42 Å². The van der Waals surface area contributed by atoms with Crippen molar-refractivity contribution in [1.82, 2.24) is 0 Å². The third-order valence-electron chi connectivity index (χ3n) is 1.47. The molecule has 6 heteroatoms. The van der Waals surface area contributed by atoms with Crippen LogP contribution in [0.4, 0.5) is 0 Å². The molecule has 12 heavy (non-hydrogen) atoms. The van der Waals surface area contributed by atoms with Crippen molar-refractivity contribution in [3.05, 3.63) is 0 Å². The van der Waals surface area contributed by atoms with E-state index in [2.05, 4.69) is 0 Å². The van der Waals surface area contributed by atoms with Crippen molar-refractivity contribution in [3.8, 4) is 0 Å². The topological polar surface area (TPSA) is 101 Å². The molecular weight excluding hydrogens is 182 g/mol. The van der Waals surface area contributed by atoms with E-state index in [1.165, 1.54) is 0 Å². The second-order valence-corrected chi connectivity index (χ2v) is 4.30. The molecule has 0 amide bonds. The van der Waals surface area contributed by atoms with Crippen molar-refractivity contribution in [1.29, 1.82) is 0 Å². The van der Waals surface area contributed by atoms with E-state index in [1.54, 1.807) is 6.92 Å². The molecule has 0 aromatic heterocycles. The highest BCUT2D eigenvalue weighted by Crippen LogP contribution is 2.01. The van der Waals surface area contributed by atoms with Crippen LogP contribution >= 0.6 is 0 Å². The third kappa shape index (κ3) is 6.53. The smallest absolute Gasteiger partial charge is 0.266 e. The highest BCUT2D eigenvalue weighted by Gasteiger charge is 2.15. The van der Waals surface area contributed by atoms with Gasteiger partial charge < -0.3 is 10.8 Å². The van der Waals surface area contributed by atoms with Gasteiger partial charge >= 0.3 is 0 Å². The Morgan fingerprint density at radius 3 is 2.33 bits per heavy atom. The highest BCUT2D eigenvalue weighted by atomic mass is 32.2. The Balaban J connectivity index is 3.82. The Bertz CT molecular complexity index is 214. The minimum Gasteiger partial charge on any atom is -0.393 e. The van der Waals surface area contributed by atoms with Crippen LogP contribution in [0.3, 0.4) is 0 Å². The number of rotatable bonds is 5. The average molecular weight is 197 g/mol. The first-order chi connectivity index (χ1) is 5.35. The molecule has 74 valence electrons. The lowest BCUT2D eigenvalue weighted by atomic mass is 10.1. The molecule has 0 spiro atoms. The van der Waals surface area contributed by atoms with Crippen LogP contribution in [0.15, 0.2) is 0 Å². The van der Waals surface area contributed by atoms with Crippen molar-refractivity contribution in [2.45, 2.75) is 31.9 Å². The SMILES string of the molecule is CCC(O)CC(N)CS(=O)(=O)O. The molecule has 0 heterocycles. The van der Waals surface area contributed by atoms with Crippen LogP contribution in [0.1, 0.15) is 19.8 Å². The van der Waals surface area contributed by atoms with Gasteiger partial charge in [0.05, 0.1) is 11.9 Å². The lowest BCUT2D eigenvalue weighted by Crippen LogP contribution is -2.32. The number of nitrogens with two attached hydrogens (primary N) is 1. The molecular formula is C6H15NO4S. The fraction of sp³-hybridized carbons (Fsp3) is 1.00. The van der Waals surface area contributed by atoms with E-state index in [9.17, 15) is 8.42 Å². The molecule has 5 nitrogen and oxygen atoms in total. The van der Waals surface area contributed by atoms with Gasteiger partial charge in [-0.05, 0) is 12.8 Å². The number of hydrogen-bond donors (Lipinski definition) is 3. The summed E-state index contributed by atoms with van der Waals surface area (Å²) in [5, 5.41) is 9.07. The van der Waals surface area contributed by atoms with E-state index in [1.807, 2.05) is 0 Å². The molecule has 0 rings (SSSR count). The molecule has 0 aliphatic carbocycles. The van der Waals surface area contributed by atoms with Crippen LogP contribution in [0.5, 0.6) is 0 Å². The van der Waals surface area contributed by atoms with Gasteiger partial charge in [0.25, 0.3) is 10.1 Å². The van der Waals surface area contributed by atoms with Crippen molar-refractivity contribution < 1.29 is 18.1 Å². The van der Waals surface area contributed by atoms with E-state index >= 15 is 0 Å². The van der Waals surface area contributed by atoms with Gasteiger partial charge in [-0.1, -0.05) is 6.92 Å². The van der Waals surface area contributed by atoms with E-state index in [0.29, 0.717) is 6.42 Å². The molecule has 0 saturated heterocycles. The van der Waals surface area contributed by atoms with Gasteiger partial charge in [0.15, 0.2) is 0 Å². The second kappa shape index (κ2) is 4.76. The maximum Gasteiger partial charge on any atom is 0.266 e. The predicted molar refractivity (Wildman–Crippen MR) is 45.3 cm³/mol. The number of aliphatic hydroxyl groups is 1. The first-order valence-corrected chi connectivity index (χ1v) is 5.35. The largest absolute Gasteiger partial charge is 0.393 e. The summed E-state index contributed by atoms with van der Waals surface area (Å²) in [6, 6.07) is -0.699. The molecule has 4 N–H and O–H groups in total. The van der Waals surface area contributed by atoms with Gasteiger partial charge in [-0.25, -0.2) is 0 Å². The molecule has 0 fully saturated rings. The molecule has 0 aliphatic heterocycles. The van der Waals surface area contributed by atoms with Gasteiger partial charge in [0.1, 0.15) is 0 Å². The zero-order chi connectivity index (χ0) is 9.78. The van der Waals surface area contributed by atoms with Crippen molar-refractivity contribution in [2.75, 3.05) is 5.75 Å². The molecule has 0 radical (unpaired) electrons. The minimum absolute atomic E-state index is 0.191. The van der Waals surface area contributed by atoms with Crippen LogP contribution < -0.4 is 5.73 Å². The van der Waals surface area contributed by atoms with Crippen LogP contribution in [0.25, 0.3) is 0 Å². The molecule has 0 aromatic carbocycles. The van der Waals surface area contributed by atoms with Gasteiger partial charge in [0.2, 0.25) is 0 Å². The van der Waals surface area contributed by atoms with E-state index in [-0.39, 0.29) is 6.42 Å². The van der Waals surface area contributed by atoms with E-state index in [0.717, 1.165) is 0 Å². The summed E-state index contributed by atoms with van der Waals surface area (Å²) in [6.45, 7) is 1.77. The van der Waals surface area contributed by atoms with E-state index < -0.39 is 28.0 Å². The normalized spacial score (nSPS) is 17.3. The maximum absolute atomic E-state index is 10.3. The monoisotopic (exact) mass is 197 g/mol. The molecule has 2 atom stereocenters. The standard InChI is InChI=1S/C6H15NO4S/c1-2-6(8)3-5(7)4-12(9,10)11/h5-6,8H,2-4,7H2,1H3,(H,9,10,11). The van der Waals surface area contributed by atoms with Gasteiger partial charge in [-0.3, -0.25) is 4.55 Å². The maximum atomic E-state index is 10.3. The molecule has 0 saturated carbocycles. The quantitative estimate of drug-likeness (QED) is 0.509. The Hall–Kier alpha value is -0.170. The first-order valence-electron chi connectivity index (χ1n) is 3.74. The number of aliphatic hydroxyl groups excluding tert-OH is 1. The lowest BCUT2D eigenvalue weighted by molar-refractivity contribution is 0.153. The Kier molecular flexibility index (Phi) is 4.69. The molecule has 2 unspecified atom stereocenters. The van der Waals surface area contributed by atoms with Crippen LogP contribution in [0, 0.1) is 0 Å². The first kappa shape index (κ1) is 11.8. The lowest BCUT2D eigenvalue weighted by Gasteiger charge is -2.12. The van der Waals surface area contributed by atoms with Crippen LogP contribution in [-0.2, 0) is 10.1 Å². The average Bonchev–Trinajstić information content (AvgIpc) is 1.82. The van der Waals surface area contributed by atoms with Crippen LogP contribution in [-0.4, -0.2) is 36.0 Å². The Labute approximate surface area is 72.3 Å². The predicted octanol–water partition coefficient (Wildman–Crippen LogP) is -0.637. The Morgan fingerprint density at radius 2 is 2.00 bits per heavy atom. The summed E-state index contributed by atoms with van der Waals surface area (Å²) in [4.78, 5) is 0. The Morgan fingerprint density at radius 1 is 1.50 bits per heavy atom. The van der Waals surface area contributed by atoms with Crippen molar-refractivity contribution in [2.24, 2.45) is 5.73 Å². The molecule has 0 aliphatic rings. The van der Waals surface area contributed by atoms with Crippen LogP contribution in [0.2, 0.25) is 0 Å². The summed E-state index contributed by atoms with van der Waals surface area (Å²) in [5.41, 5.74) is 5.34. The zero-order valence-electron chi connectivity index (χ0n) is 6.97.